The van der Waals surface area contributed by atoms with Gasteiger partial charge in [0.1, 0.15) is 17.1 Å². The number of rotatable bonds is 7. The Hall–Kier alpha value is -4.74. The van der Waals surface area contributed by atoms with Gasteiger partial charge in [0.15, 0.2) is 0 Å². The maximum Gasteiger partial charge on any atom is 0.330 e. The van der Waals surface area contributed by atoms with Crippen molar-refractivity contribution >= 4 is 29.1 Å². The van der Waals surface area contributed by atoms with Crippen molar-refractivity contribution in [3.8, 4) is 28.0 Å². The number of piperidine rings is 1. The van der Waals surface area contributed by atoms with E-state index in [1.807, 2.05) is 31.2 Å². The van der Waals surface area contributed by atoms with Gasteiger partial charge in [-0.25, -0.2) is 9.18 Å². The molecule has 2 N–H and O–H groups in total. The fourth-order valence-electron chi connectivity index (χ4n) is 6.84. The molecule has 0 unspecified atom stereocenters. The van der Waals surface area contributed by atoms with Crippen molar-refractivity contribution < 1.29 is 18.7 Å². The number of likely N-dealkylation sites (tertiary alicyclic amines) is 1. The minimum Gasteiger partial charge on any atom is -0.496 e. The monoisotopic (exact) mass is 673 g/mol. The van der Waals surface area contributed by atoms with E-state index in [0.717, 1.165) is 35.9 Å². The Bertz CT molecular complexity index is 2070. The molecule has 3 heterocycles. The van der Waals surface area contributed by atoms with Gasteiger partial charge in [-0.1, -0.05) is 41.9 Å². The average molecular weight is 674 g/mol. The van der Waals surface area contributed by atoms with E-state index in [0.29, 0.717) is 63.9 Å². The molecule has 10 nitrogen and oxygen atoms in total. The van der Waals surface area contributed by atoms with Crippen LogP contribution in [0.25, 0.3) is 22.3 Å². The fraction of sp³-hybridized carbons (Fsp3) is 0.333. The van der Waals surface area contributed by atoms with Gasteiger partial charge in [0, 0.05) is 55.8 Å². The topological polar surface area (TPSA) is 115 Å². The molecule has 2 saturated heterocycles. The highest BCUT2D eigenvalue weighted by atomic mass is 35.5. The second kappa shape index (κ2) is 13.0. The first kappa shape index (κ1) is 33.2. The Morgan fingerprint density at radius 2 is 1.71 bits per heavy atom. The summed E-state index contributed by atoms with van der Waals surface area (Å²) in [5.74, 6) is -0.512. The third-order valence-electron chi connectivity index (χ3n) is 9.81. The van der Waals surface area contributed by atoms with Crippen LogP contribution < -0.4 is 26.6 Å². The summed E-state index contributed by atoms with van der Waals surface area (Å²) in [4.78, 5) is 52.4. The number of hydrogen-bond acceptors (Lipinski definition) is 6. The van der Waals surface area contributed by atoms with Gasteiger partial charge in [0.25, 0.3) is 11.5 Å². The Balaban J connectivity index is 1.27. The number of aryl methyl sites for hydroxylation is 1. The molecule has 0 atom stereocenters. The van der Waals surface area contributed by atoms with E-state index in [9.17, 15) is 19.2 Å². The standard InChI is InChI=1S/C36H37ClFN5O5/c1-21-23(7-6-10-29(21)40-32(44)27-19-41(2)35(47)42(3)33(27)45)25-9-5-8-24(31(25)37)22-17-28(38)26(30(18-22)48-4)20-43-15-12-36(13-16-43)11-14-39-34(36)46/h5-10,17-19H,11-16,20H2,1-4H3,(H,39,46)(H,40,44). The van der Waals surface area contributed by atoms with Crippen LogP contribution in [0.1, 0.15) is 40.7 Å². The highest BCUT2D eigenvalue weighted by Crippen LogP contribution is 2.42. The van der Waals surface area contributed by atoms with Gasteiger partial charge in [-0.3, -0.25) is 23.9 Å². The Labute approximate surface area is 282 Å². The van der Waals surface area contributed by atoms with Crippen LogP contribution in [-0.2, 0) is 25.4 Å². The SMILES string of the molecule is COc1cc(-c2cccc(-c3cccc(NC(=O)c4cn(C)c(=O)n(C)c4=O)c3C)c2Cl)cc(F)c1CN1CCC2(CCNC2=O)CC1. The molecule has 0 aliphatic carbocycles. The van der Waals surface area contributed by atoms with Gasteiger partial charge in [-0.05, 0) is 74.2 Å². The summed E-state index contributed by atoms with van der Waals surface area (Å²) in [5.41, 5.74) is 2.47. The number of hydrogen-bond donors (Lipinski definition) is 2. The molecule has 0 bridgehead atoms. The van der Waals surface area contributed by atoms with Gasteiger partial charge >= 0.3 is 5.69 Å². The number of aromatic nitrogens is 2. The number of benzene rings is 3. The van der Waals surface area contributed by atoms with Crippen molar-refractivity contribution in [2.75, 3.05) is 32.1 Å². The van der Waals surface area contributed by atoms with Gasteiger partial charge in [-0.15, -0.1) is 0 Å². The lowest BCUT2D eigenvalue weighted by atomic mass is 9.77. The normalized spacial score (nSPS) is 15.8. The molecule has 2 amide bonds. The van der Waals surface area contributed by atoms with Crippen LogP contribution in [0.5, 0.6) is 5.75 Å². The molecule has 250 valence electrons. The van der Waals surface area contributed by atoms with Crippen LogP contribution in [0.3, 0.4) is 0 Å². The largest absolute Gasteiger partial charge is 0.496 e. The van der Waals surface area contributed by atoms with Crippen molar-refractivity contribution in [3.63, 3.8) is 0 Å². The highest BCUT2D eigenvalue weighted by Gasteiger charge is 2.44. The van der Waals surface area contributed by atoms with Gasteiger partial charge in [0.2, 0.25) is 5.91 Å². The molecule has 0 radical (unpaired) electrons. The van der Waals surface area contributed by atoms with Crippen molar-refractivity contribution in [3.05, 3.63) is 103 Å². The zero-order valence-corrected chi connectivity index (χ0v) is 28.0. The molecular weight excluding hydrogens is 637 g/mol. The summed E-state index contributed by atoms with van der Waals surface area (Å²) in [5, 5.41) is 6.14. The van der Waals surface area contributed by atoms with Crippen LogP contribution >= 0.6 is 11.6 Å². The first-order chi connectivity index (χ1) is 22.9. The van der Waals surface area contributed by atoms with Crippen molar-refractivity contribution in [1.82, 2.24) is 19.4 Å². The molecule has 2 aliphatic heterocycles. The summed E-state index contributed by atoms with van der Waals surface area (Å²) in [6.45, 7) is 4.31. The second-order valence-electron chi connectivity index (χ2n) is 12.6. The van der Waals surface area contributed by atoms with Crippen LogP contribution in [0.2, 0.25) is 5.02 Å². The molecule has 3 aromatic carbocycles. The first-order valence-corrected chi connectivity index (χ1v) is 16.2. The molecule has 12 heteroatoms. The predicted molar refractivity (Wildman–Crippen MR) is 183 cm³/mol. The lowest BCUT2D eigenvalue weighted by Crippen LogP contribution is -2.43. The van der Waals surface area contributed by atoms with E-state index < -0.39 is 23.0 Å². The molecule has 2 aliphatic rings. The summed E-state index contributed by atoms with van der Waals surface area (Å²) in [6, 6.07) is 14.1. The van der Waals surface area contributed by atoms with Gasteiger partial charge < -0.3 is 19.9 Å². The summed E-state index contributed by atoms with van der Waals surface area (Å²) in [7, 11) is 4.30. The Morgan fingerprint density at radius 1 is 1.02 bits per heavy atom. The number of amides is 2. The number of ether oxygens (including phenoxy) is 1. The van der Waals surface area contributed by atoms with E-state index in [1.54, 1.807) is 18.2 Å². The van der Waals surface area contributed by atoms with Gasteiger partial charge in [-0.2, -0.15) is 0 Å². The van der Waals surface area contributed by atoms with Crippen molar-refractivity contribution in [2.45, 2.75) is 32.7 Å². The van der Waals surface area contributed by atoms with Gasteiger partial charge in [0.05, 0.1) is 17.5 Å². The summed E-state index contributed by atoms with van der Waals surface area (Å²) in [6.07, 6.45) is 3.57. The van der Waals surface area contributed by atoms with E-state index in [1.165, 1.54) is 38.0 Å². The molecule has 4 aromatic rings. The summed E-state index contributed by atoms with van der Waals surface area (Å²) >= 11 is 7.02. The van der Waals surface area contributed by atoms with E-state index in [-0.39, 0.29) is 16.9 Å². The maximum absolute atomic E-state index is 15.8. The van der Waals surface area contributed by atoms with Crippen LogP contribution in [0.15, 0.2) is 64.3 Å². The molecule has 0 saturated carbocycles. The van der Waals surface area contributed by atoms with E-state index in [4.69, 9.17) is 16.3 Å². The minimum absolute atomic E-state index is 0.134. The van der Waals surface area contributed by atoms with Crippen LogP contribution in [0.4, 0.5) is 10.1 Å². The number of carbonyl (C=O) groups excluding carboxylic acids is 2. The van der Waals surface area contributed by atoms with Crippen LogP contribution in [0, 0.1) is 18.2 Å². The summed E-state index contributed by atoms with van der Waals surface area (Å²) < 4.78 is 23.6. The Kier molecular flexibility index (Phi) is 9.02. The van der Waals surface area contributed by atoms with Crippen molar-refractivity contribution in [2.24, 2.45) is 19.5 Å². The lowest BCUT2D eigenvalue weighted by Gasteiger charge is -2.37. The fourth-order valence-corrected chi connectivity index (χ4v) is 7.17. The molecule has 6 rings (SSSR count). The van der Waals surface area contributed by atoms with E-state index in [2.05, 4.69) is 15.5 Å². The zero-order valence-electron chi connectivity index (χ0n) is 27.3. The maximum atomic E-state index is 15.8. The van der Waals surface area contributed by atoms with E-state index >= 15 is 4.39 Å². The predicted octanol–water partition coefficient (Wildman–Crippen LogP) is 4.88. The number of halogens is 2. The van der Waals surface area contributed by atoms with Crippen LogP contribution in [-0.4, -0.2) is 52.6 Å². The lowest BCUT2D eigenvalue weighted by molar-refractivity contribution is -0.130. The molecule has 48 heavy (non-hydrogen) atoms. The zero-order chi connectivity index (χ0) is 34.3. The highest BCUT2D eigenvalue weighted by molar-refractivity contribution is 6.36. The number of methoxy groups -OCH3 is 1. The number of anilines is 1. The number of carbonyl (C=O) groups is 2. The molecule has 2 fully saturated rings. The molecule has 1 aromatic heterocycles. The average Bonchev–Trinajstić information content (AvgIpc) is 3.43. The third-order valence-corrected chi connectivity index (χ3v) is 10.2. The number of nitrogens with one attached hydrogen (secondary N) is 2. The number of nitrogens with zero attached hydrogens (tertiary/aromatic N) is 3. The van der Waals surface area contributed by atoms with Crippen molar-refractivity contribution in [1.29, 1.82) is 0 Å². The molecular formula is C36H37ClFN5O5. The molecule has 1 spiro atoms. The quantitative estimate of drug-likeness (QED) is 0.289. The third kappa shape index (κ3) is 5.92. The second-order valence-corrected chi connectivity index (χ2v) is 13.0. The Morgan fingerprint density at radius 3 is 2.40 bits per heavy atom. The minimum atomic E-state index is -0.698. The smallest absolute Gasteiger partial charge is 0.330 e. The first-order valence-electron chi connectivity index (χ1n) is 15.8.